The Morgan fingerprint density at radius 1 is 1.31 bits per heavy atom. The molecule has 0 fully saturated rings. The summed E-state index contributed by atoms with van der Waals surface area (Å²) in [5, 5.41) is 12.2. The van der Waals surface area contributed by atoms with Crippen LogP contribution in [0.25, 0.3) is 0 Å². The Kier molecular flexibility index (Phi) is 10.5. The van der Waals surface area contributed by atoms with Crippen LogP contribution in [0.2, 0.25) is 0 Å². The molecule has 16 heavy (non-hydrogen) atoms. The summed E-state index contributed by atoms with van der Waals surface area (Å²) >= 11 is 0. The van der Waals surface area contributed by atoms with Crippen LogP contribution in [0.5, 0.6) is 0 Å². The van der Waals surface area contributed by atoms with Crippen LogP contribution >= 0.6 is 0 Å². The van der Waals surface area contributed by atoms with Crippen LogP contribution in [0.4, 0.5) is 0 Å². The van der Waals surface area contributed by atoms with E-state index in [1.54, 1.807) is 0 Å². The Morgan fingerprint density at radius 2 is 2.06 bits per heavy atom. The topological polar surface area (TPSA) is 58.6 Å². The summed E-state index contributed by atoms with van der Waals surface area (Å²) in [6.07, 6.45) is 4.41. The zero-order valence-corrected chi connectivity index (χ0v) is 10.5. The first-order chi connectivity index (χ1) is 7.74. The minimum Gasteiger partial charge on any atom is -0.466 e. The third kappa shape index (κ3) is 8.68. The number of esters is 1. The molecule has 0 heterocycles. The van der Waals surface area contributed by atoms with Gasteiger partial charge in [-0.1, -0.05) is 13.3 Å². The number of carbonyl (C=O) groups excluding carboxylic acids is 1. The summed E-state index contributed by atoms with van der Waals surface area (Å²) in [6, 6.07) is 0.213. The van der Waals surface area contributed by atoms with E-state index in [1.165, 1.54) is 0 Å². The first-order valence-electron chi connectivity index (χ1n) is 6.24. The highest BCUT2D eigenvalue weighted by atomic mass is 16.5. The molecule has 0 aliphatic heterocycles. The van der Waals surface area contributed by atoms with E-state index < -0.39 is 0 Å². The number of rotatable bonds is 10. The molecule has 4 nitrogen and oxygen atoms in total. The molecule has 4 heteroatoms. The van der Waals surface area contributed by atoms with Crippen molar-refractivity contribution >= 4 is 5.97 Å². The lowest BCUT2D eigenvalue weighted by atomic mass is 10.2. The average Bonchev–Trinajstić information content (AvgIpc) is 2.29. The van der Waals surface area contributed by atoms with Crippen LogP contribution < -0.4 is 5.32 Å². The second-order valence-corrected chi connectivity index (χ2v) is 3.86. The number of unbranched alkanes of at least 4 members (excludes halogenated alkanes) is 2. The standard InChI is InChI=1S/C12H25NO3/c1-3-11(10-14)13-9-7-5-6-8-12(15)16-4-2/h11,13-14H,3-10H2,1-2H3. The van der Waals surface area contributed by atoms with Crippen molar-refractivity contribution in [2.45, 2.75) is 52.0 Å². The Morgan fingerprint density at radius 3 is 2.62 bits per heavy atom. The van der Waals surface area contributed by atoms with Gasteiger partial charge in [0.1, 0.15) is 0 Å². The predicted octanol–water partition coefficient (Wildman–Crippen LogP) is 1.47. The molecule has 0 saturated heterocycles. The minimum atomic E-state index is -0.0998. The molecule has 0 bridgehead atoms. The van der Waals surface area contributed by atoms with Gasteiger partial charge in [-0.3, -0.25) is 4.79 Å². The maximum absolute atomic E-state index is 11.0. The molecule has 96 valence electrons. The second kappa shape index (κ2) is 10.9. The normalized spacial score (nSPS) is 12.4. The van der Waals surface area contributed by atoms with Gasteiger partial charge in [0.05, 0.1) is 13.2 Å². The highest BCUT2D eigenvalue weighted by Crippen LogP contribution is 2.01. The molecular weight excluding hydrogens is 206 g/mol. The van der Waals surface area contributed by atoms with Gasteiger partial charge >= 0.3 is 5.97 Å². The van der Waals surface area contributed by atoms with Crippen molar-refractivity contribution in [3.8, 4) is 0 Å². The first kappa shape index (κ1) is 15.4. The smallest absolute Gasteiger partial charge is 0.305 e. The highest BCUT2D eigenvalue weighted by molar-refractivity contribution is 5.69. The molecule has 2 N–H and O–H groups in total. The van der Waals surface area contributed by atoms with E-state index in [0.717, 1.165) is 32.2 Å². The van der Waals surface area contributed by atoms with Crippen LogP contribution in [-0.2, 0) is 9.53 Å². The van der Waals surface area contributed by atoms with Crippen molar-refractivity contribution in [3.63, 3.8) is 0 Å². The minimum absolute atomic E-state index is 0.0998. The van der Waals surface area contributed by atoms with Gasteiger partial charge in [0.2, 0.25) is 0 Å². The summed E-state index contributed by atoms with van der Waals surface area (Å²) in [7, 11) is 0. The number of carbonyl (C=O) groups is 1. The van der Waals surface area contributed by atoms with Gasteiger partial charge < -0.3 is 15.2 Å². The lowest BCUT2D eigenvalue weighted by Gasteiger charge is -2.13. The van der Waals surface area contributed by atoms with Gasteiger partial charge in [-0.25, -0.2) is 0 Å². The number of ether oxygens (including phenoxy) is 1. The SMILES string of the molecule is CCOC(=O)CCCCCNC(CC)CO. The lowest BCUT2D eigenvalue weighted by molar-refractivity contribution is -0.143. The zero-order valence-electron chi connectivity index (χ0n) is 10.5. The molecule has 0 aliphatic carbocycles. The average molecular weight is 231 g/mol. The Hall–Kier alpha value is -0.610. The van der Waals surface area contributed by atoms with Crippen molar-refractivity contribution < 1.29 is 14.6 Å². The number of aliphatic hydroxyl groups excluding tert-OH is 1. The van der Waals surface area contributed by atoms with Crippen LogP contribution in [0.1, 0.15) is 46.0 Å². The third-order valence-electron chi connectivity index (χ3n) is 2.51. The van der Waals surface area contributed by atoms with Crippen molar-refractivity contribution in [1.29, 1.82) is 0 Å². The second-order valence-electron chi connectivity index (χ2n) is 3.86. The molecule has 0 aromatic carbocycles. The van der Waals surface area contributed by atoms with Gasteiger partial charge in [0.15, 0.2) is 0 Å². The summed E-state index contributed by atoms with van der Waals surface area (Å²) < 4.78 is 4.83. The van der Waals surface area contributed by atoms with Crippen molar-refractivity contribution in [1.82, 2.24) is 5.32 Å². The molecule has 0 radical (unpaired) electrons. The Labute approximate surface area is 98.4 Å². The van der Waals surface area contributed by atoms with E-state index in [-0.39, 0.29) is 18.6 Å². The fourth-order valence-corrected chi connectivity index (χ4v) is 1.45. The van der Waals surface area contributed by atoms with E-state index >= 15 is 0 Å². The molecule has 0 spiro atoms. The molecule has 1 atom stereocenters. The van der Waals surface area contributed by atoms with Crippen molar-refractivity contribution in [2.24, 2.45) is 0 Å². The van der Waals surface area contributed by atoms with E-state index in [4.69, 9.17) is 9.84 Å². The summed E-state index contributed by atoms with van der Waals surface area (Å²) in [5.74, 6) is -0.0998. The maximum atomic E-state index is 11.0. The molecule has 0 aromatic rings. The quantitative estimate of drug-likeness (QED) is 0.441. The molecule has 0 saturated carbocycles. The summed E-state index contributed by atoms with van der Waals surface area (Å²) in [5.41, 5.74) is 0. The fourth-order valence-electron chi connectivity index (χ4n) is 1.45. The van der Waals surface area contributed by atoms with E-state index in [2.05, 4.69) is 12.2 Å². The molecule has 0 aliphatic rings. The predicted molar refractivity (Wildman–Crippen MR) is 64.3 cm³/mol. The molecule has 1 unspecified atom stereocenters. The van der Waals surface area contributed by atoms with Crippen molar-refractivity contribution in [2.75, 3.05) is 19.8 Å². The van der Waals surface area contributed by atoms with Crippen LogP contribution in [-0.4, -0.2) is 36.9 Å². The Bertz CT molecular complexity index is 170. The van der Waals surface area contributed by atoms with Crippen LogP contribution in [0, 0.1) is 0 Å². The van der Waals surface area contributed by atoms with Crippen molar-refractivity contribution in [3.05, 3.63) is 0 Å². The van der Waals surface area contributed by atoms with Gasteiger partial charge in [-0.05, 0) is 32.7 Å². The van der Waals surface area contributed by atoms with E-state index in [9.17, 15) is 4.79 Å². The highest BCUT2D eigenvalue weighted by Gasteiger charge is 2.03. The van der Waals surface area contributed by atoms with Gasteiger partial charge in [-0.15, -0.1) is 0 Å². The lowest BCUT2D eigenvalue weighted by Crippen LogP contribution is -2.32. The van der Waals surface area contributed by atoms with Gasteiger partial charge in [0, 0.05) is 12.5 Å². The summed E-state index contributed by atoms with van der Waals surface area (Å²) in [4.78, 5) is 11.0. The first-order valence-corrected chi connectivity index (χ1v) is 6.24. The van der Waals surface area contributed by atoms with E-state index in [0.29, 0.717) is 13.0 Å². The number of nitrogens with one attached hydrogen (secondary N) is 1. The molecule has 0 rings (SSSR count). The number of hydrogen-bond acceptors (Lipinski definition) is 4. The molecular formula is C12H25NO3. The Balaban J connectivity index is 3.24. The fraction of sp³-hybridized carbons (Fsp3) is 0.917. The van der Waals surface area contributed by atoms with E-state index in [1.807, 2.05) is 6.92 Å². The van der Waals surface area contributed by atoms with Gasteiger partial charge in [-0.2, -0.15) is 0 Å². The summed E-state index contributed by atoms with van der Waals surface area (Å²) in [6.45, 7) is 5.44. The molecule has 0 aromatic heterocycles. The monoisotopic (exact) mass is 231 g/mol. The van der Waals surface area contributed by atoms with Crippen LogP contribution in [0.3, 0.4) is 0 Å². The molecule has 0 amide bonds. The van der Waals surface area contributed by atoms with Gasteiger partial charge in [0.25, 0.3) is 0 Å². The van der Waals surface area contributed by atoms with Crippen LogP contribution in [0.15, 0.2) is 0 Å². The largest absolute Gasteiger partial charge is 0.466 e. The number of hydrogen-bond donors (Lipinski definition) is 2. The third-order valence-corrected chi connectivity index (χ3v) is 2.51. The zero-order chi connectivity index (χ0) is 12.2. The number of aliphatic hydroxyl groups is 1. The maximum Gasteiger partial charge on any atom is 0.305 e.